The third-order valence-corrected chi connectivity index (χ3v) is 6.06. The van der Waals surface area contributed by atoms with Crippen LogP contribution in [0.3, 0.4) is 0 Å². The molecular weight excluding hydrogens is 493 g/mol. The predicted octanol–water partition coefficient (Wildman–Crippen LogP) is 4.04. The molecule has 1 aromatic rings. The molecule has 2 N–H and O–H groups in total. The van der Waals surface area contributed by atoms with E-state index in [0.717, 1.165) is 12.8 Å². The van der Waals surface area contributed by atoms with Gasteiger partial charge in [0.05, 0.1) is 5.41 Å². The van der Waals surface area contributed by atoms with Crippen molar-refractivity contribution in [3.05, 3.63) is 34.9 Å². The Bertz CT molecular complexity index is 955. The minimum atomic E-state index is -5.18. The molecule has 0 bridgehead atoms. The minimum absolute atomic E-state index is 0.0724. The molecule has 0 aromatic heterocycles. The highest BCUT2D eigenvalue weighted by Crippen LogP contribution is 2.39. The summed E-state index contributed by atoms with van der Waals surface area (Å²) in [6.45, 7) is 3.91. The summed E-state index contributed by atoms with van der Waals surface area (Å²) >= 11 is 6.33. The van der Waals surface area contributed by atoms with Crippen LogP contribution < -0.4 is 10.6 Å². The van der Waals surface area contributed by atoms with E-state index in [-0.39, 0.29) is 12.3 Å². The van der Waals surface area contributed by atoms with Crippen LogP contribution in [0.2, 0.25) is 5.02 Å². The van der Waals surface area contributed by atoms with Crippen LogP contribution in [0.1, 0.15) is 52.0 Å². The number of carbonyl (C=O) groups excluding carboxylic acids is 4. The van der Waals surface area contributed by atoms with Gasteiger partial charge in [-0.25, -0.2) is 9.59 Å². The fraction of sp³-hybridized carbons (Fsp3) is 0.565. The van der Waals surface area contributed by atoms with E-state index in [0.29, 0.717) is 23.4 Å². The number of rotatable bonds is 8. The summed E-state index contributed by atoms with van der Waals surface area (Å²) in [5, 5.41) is 4.47. The quantitative estimate of drug-likeness (QED) is 0.395. The van der Waals surface area contributed by atoms with Crippen molar-refractivity contribution in [2.24, 2.45) is 5.92 Å². The first-order valence-corrected chi connectivity index (χ1v) is 11.5. The second-order valence-corrected chi connectivity index (χ2v) is 9.06. The zero-order valence-corrected chi connectivity index (χ0v) is 20.3. The van der Waals surface area contributed by atoms with Crippen LogP contribution in [0.25, 0.3) is 0 Å². The van der Waals surface area contributed by atoms with Crippen molar-refractivity contribution >= 4 is 35.4 Å². The summed E-state index contributed by atoms with van der Waals surface area (Å²) in [6, 6.07) is 5.24. The number of halogens is 4. The molecule has 1 aromatic carbocycles. The summed E-state index contributed by atoms with van der Waals surface area (Å²) in [5.41, 5.74) is -0.452. The van der Waals surface area contributed by atoms with E-state index >= 15 is 0 Å². The average molecular weight is 521 g/mol. The molecule has 0 aliphatic heterocycles. The highest BCUT2D eigenvalue weighted by atomic mass is 35.5. The minimum Gasteiger partial charge on any atom is -0.424 e. The number of ketones is 1. The molecule has 12 heteroatoms. The van der Waals surface area contributed by atoms with Crippen LogP contribution >= 0.6 is 11.6 Å². The highest BCUT2D eigenvalue weighted by molar-refractivity contribution is 6.31. The van der Waals surface area contributed by atoms with Gasteiger partial charge in [0.2, 0.25) is 6.29 Å². The number of Topliss-reactive ketones (excluding diaryl/α,β-unsaturated/α-hetero) is 1. The number of carbonyl (C=O) groups is 4. The van der Waals surface area contributed by atoms with Crippen molar-refractivity contribution in [3.8, 4) is 0 Å². The number of hydrogen-bond acceptors (Lipinski definition) is 6. The van der Waals surface area contributed by atoms with Gasteiger partial charge in [0.25, 0.3) is 0 Å². The Morgan fingerprint density at radius 1 is 1.11 bits per heavy atom. The maximum absolute atomic E-state index is 12.9. The van der Waals surface area contributed by atoms with Crippen LogP contribution in [-0.4, -0.2) is 48.8 Å². The van der Waals surface area contributed by atoms with Gasteiger partial charge in [0, 0.05) is 24.9 Å². The number of alkyl carbamates (subject to hydrolysis) is 1. The zero-order valence-electron chi connectivity index (χ0n) is 19.5. The van der Waals surface area contributed by atoms with E-state index in [1.54, 1.807) is 29.6 Å². The van der Waals surface area contributed by atoms with Crippen LogP contribution in [0.4, 0.5) is 18.0 Å². The molecule has 194 valence electrons. The van der Waals surface area contributed by atoms with Gasteiger partial charge < -0.3 is 20.1 Å². The highest BCUT2D eigenvalue weighted by Gasteiger charge is 2.44. The number of amides is 2. The Labute approximate surface area is 205 Å². The van der Waals surface area contributed by atoms with Gasteiger partial charge in [-0.3, -0.25) is 9.59 Å². The molecule has 1 aliphatic rings. The molecule has 1 saturated carbocycles. The summed E-state index contributed by atoms with van der Waals surface area (Å²) < 4.78 is 47.5. The van der Waals surface area contributed by atoms with E-state index in [9.17, 15) is 32.3 Å². The van der Waals surface area contributed by atoms with Crippen molar-refractivity contribution in [2.75, 3.05) is 6.54 Å². The lowest BCUT2D eigenvalue weighted by Crippen LogP contribution is -2.51. The van der Waals surface area contributed by atoms with Crippen molar-refractivity contribution < 1.29 is 41.8 Å². The number of benzene rings is 1. The van der Waals surface area contributed by atoms with Crippen molar-refractivity contribution in [2.45, 2.75) is 70.4 Å². The third-order valence-electron chi connectivity index (χ3n) is 5.73. The van der Waals surface area contributed by atoms with E-state index in [1.807, 2.05) is 0 Å². The molecule has 8 nitrogen and oxygen atoms in total. The van der Waals surface area contributed by atoms with Crippen molar-refractivity contribution in [1.82, 2.24) is 10.6 Å². The lowest BCUT2D eigenvalue weighted by molar-refractivity contribution is -0.180. The maximum Gasteiger partial charge on any atom is 0.471 e. The Morgan fingerprint density at radius 2 is 1.77 bits per heavy atom. The monoisotopic (exact) mass is 520 g/mol. The number of esters is 1. The summed E-state index contributed by atoms with van der Waals surface area (Å²) in [4.78, 5) is 48.8. The first-order valence-electron chi connectivity index (χ1n) is 11.1. The molecule has 1 fully saturated rings. The summed E-state index contributed by atoms with van der Waals surface area (Å²) in [6.07, 6.45) is -5.39. The molecule has 0 spiro atoms. The molecule has 3 atom stereocenters. The van der Waals surface area contributed by atoms with E-state index in [4.69, 9.17) is 21.1 Å². The van der Waals surface area contributed by atoms with Crippen LogP contribution in [0, 0.1) is 5.92 Å². The number of nitrogens with one attached hydrogen (secondary N) is 2. The zero-order chi connectivity index (χ0) is 26.4. The first kappa shape index (κ1) is 28.4. The fourth-order valence-electron chi connectivity index (χ4n) is 3.90. The maximum atomic E-state index is 12.9. The third kappa shape index (κ3) is 7.33. The average Bonchev–Trinajstić information content (AvgIpc) is 2.76. The molecular formula is C23H28ClF3N2O6. The normalized spacial score (nSPS) is 20.1. The number of hydrogen-bond donors (Lipinski definition) is 2. The lowest BCUT2D eigenvalue weighted by atomic mass is 9.68. The van der Waals surface area contributed by atoms with Gasteiger partial charge >= 0.3 is 24.1 Å². The SMILES string of the molecule is CC(OC(=O)NC[C@@]1(c2ccccc2Cl)CCCCC1=O)OC(=O)[C@@H](NC(=O)C(F)(F)F)C(C)C. The van der Waals surface area contributed by atoms with Crippen molar-refractivity contribution in [3.63, 3.8) is 0 Å². The van der Waals surface area contributed by atoms with Gasteiger partial charge in [-0.05, 0) is 30.4 Å². The van der Waals surface area contributed by atoms with Gasteiger partial charge in [0.15, 0.2) is 0 Å². The molecule has 2 amide bonds. The van der Waals surface area contributed by atoms with Gasteiger partial charge in [-0.15, -0.1) is 0 Å². The van der Waals surface area contributed by atoms with E-state index in [1.165, 1.54) is 20.8 Å². The van der Waals surface area contributed by atoms with Crippen molar-refractivity contribution in [1.29, 1.82) is 0 Å². The van der Waals surface area contributed by atoms with Crippen LogP contribution in [-0.2, 0) is 29.3 Å². The Hall–Kier alpha value is -2.82. The second-order valence-electron chi connectivity index (χ2n) is 8.65. The lowest BCUT2D eigenvalue weighted by Gasteiger charge is -2.37. The van der Waals surface area contributed by atoms with Crippen LogP contribution in [0.15, 0.2) is 24.3 Å². The molecule has 2 rings (SSSR count). The Morgan fingerprint density at radius 3 is 2.34 bits per heavy atom. The predicted molar refractivity (Wildman–Crippen MR) is 119 cm³/mol. The van der Waals surface area contributed by atoms with Gasteiger partial charge in [0.1, 0.15) is 11.8 Å². The molecule has 1 aliphatic carbocycles. The van der Waals surface area contributed by atoms with Gasteiger partial charge in [-0.1, -0.05) is 50.1 Å². The molecule has 1 unspecified atom stereocenters. The Kier molecular flexibility index (Phi) is 9.53. The number of alkyl halides is 3. The molecule has 0 radical (unpaired) electrons. The largest absolute Gasteiger partial charge is 0.471 e. The second kappa shape index (κ2) is 11.7. The molecule has 0 heterocycles. The summed E-state index contributed by atoms with van der Waals surface area (Å²) in [7, 11) is 0. The fourth-order valence-corrected chi connectivity index (χ4v) is 4.22. The first-order chi connectivity index (χ1) is 16.3. The molecule has 0 saturated heterocycles. The van der Waals surface area contributed by atoms with E-state index < -0.39 is 47.8 Å². The van der Waals surface area contributed by atoms with Gasteiger partial charge in [-0.2, -0.15) is 13.2 Å². The number of ether oxygens (including phenoxy) is 2. The van der Waals surface area contributed by atoms with Crippen LogP contribution in [0.5, 0.6) is 0 Å². The standard InChI is InChI=1S/C23H28ClF3N2O6/c1-13(2)18(29-20(32)23(25,26)27)19(31)34-14(3)35-21(33)28-12-22(11-7-6-10-17(22)30)15-8-4-5-9-16(15)24/h4-5,8-9,13-14,18H,6-7,10-12H2,1-3H3,(H,28,33)(H,29,32)/t14?,18-,22+/m0/s1. The van der Waals surface area contributed by atoms with E-state index in [2.05, 4.69) is 5.32 Å². The summed E-state index contributed by atoms with van der Waals surface area (Å²) in [5.74, 6) is -4.30. The smallest absolute Gasteiger partial charge is 0.424 e. The molecule has 35 heavy (non-hydrogen) atoms. The Balaban J connectivity index is 2.01. The topological polar surface area (TPSA) is 111 Å².